The first-order valence-electron chi connectivity index (χ1n) is 5.12. The van der Waals surface area contributed by atoms with E-state index in [2.05, 4.69) is 0 Å². The molecule has 0 aromatic heterocycles. The second-order valence-corrected chi connectivity index (χ2v) is 4.96. The maximum absolute atomic E-state index is 12.6. The standard InChI is InChI=1S/C13H6Cl3F3/c14-10-5-4-9(11(15)12(10)16)7-2-1-3-8(6-7)13(17,18)19/h1-6H. The fourth-order valence-electron chi connectivity index (χ4n) is 1.61. The Morgan fingerprint density at radius 3 is 2.16 bits per heavy atom. The van der Waals surface area contributed by atoms with Crippen molar-refractivity contribution in [1.82, 2.24) is 0 Å². The lowest BCUT2D eigenvalue weighted by molar-refractivity contribution is -0.137. The van der Waals surface area contributed by atoms with Crippen molar-refractivity contribution in [2.75, 3.05) is 0 Å². The van der Waals surface area contributed by atoms with Crippen LogP contribution in [0.1, 0.15) is 5.56 Å². The highest BCUT2D eigenvalue weighted by Crippen LogP contribution is 2.39. The molecule has 0 aliphatic heterocycles. The van der Waals surface area contributed by atoms with Gasteiger partial charge in [0, 0.05) is 5.56 Å². The lowest BCUT2D eigenvalue weighted by Crippen LogP contribution is -2.04. The predicted molar refractivity (Wildman–Crippen MR) is 71.9 cm³/mol. The molecule has 0 heterocycles. The fraction of sp³-hybridized carbons (Fsp3) is 0.0769. The molecular weight excluding hydrogens is 319 g/mol. The van der Waals surface area contributed by atoms with Gasteiger partial charge in [-0.05, 0) is 23.8 Å². The molecule has 100 valence electrons. The number of hydrogen-bond donors (Lipinski definition) is 0. The molecule has 0 saturated heterocycles. The summed E-state index contributed by atoms with van der Waals surface area (Å²) in [6.07, 6.45) is -4.40. The molecule has 0 radical (unpaired) electrons. The summed E-state index contributed by atoms with van der Waals surface area (Å²) in [6.45, 7) is 0. The van der Waals surface area contributed by atoms with Crippen molar-refractivity contribution in [1.29, 1.82) is 0 Å². The van der Waals surface area contributed by atoms with Crippen molar-refractivity contribution in [3.8, 4) is 11.1 Å². The minimum Gasteiger partial charge on any atom is -0.166 e. The van der Waals surface area contributed by atoms with Gasteiger partial charge in [0.05, 0.1) is 20.6 Å². The van der Waals surface area contributed by atoms with Crippen LogP contribution < -0.4 is 0 Å². The third-order valence-electron chi connectivity index (χ3n) is 2.54. The summed E-state index contributed by atoms with van der Waals surface area (Å²) in [4.78, 5) is 0. The summed E-state index contributed by atoms with van der Waals surface area (Å²) >= 11 is 17.7. The monoisotopic (exact) mass is 324 g/mol. The summed E-state index contributed by atoms with van der Waals surface area (Å²) in [7, 11) is 0. The van der Waals surface area contributed by atoms with Crippen LogP contribution in [0.25, 0.3) is 11.1 Å². The molecule has 0 nitrogen and oxygen atoms in total. The number of alkyl halides is 3. The molecule has 0 atom stereocenters. The van der Waals surface area contributed by atoms with E-state index in [0.717, 1.165) is 12.1 Å². The average Bonchev–Trinajstić information content (AvgIpc) is 2.35. The maximum Gasteiger partial charge on any atom is 0.416 e. The van der Waals surface area contributed by atoms with Crippen LogP contribution in [0.4, 0.5) is 13.2 Å². The molecule has 19 heavy (non-hydrogen) atoms. The van der Waals surface area contributed by atoms with Gasteiger partial charge in [-0.15, -0.1) is 0 Å². The van der Waals surface area contributed by atoms with E-state index >= 15 is 0 Å². The Labute approximate surface area is 122 Å². The van der Waals surface area contributed by atoms with E-state index in [9.17, 15) is 13.2 Å². The Bertz CT molecular complexity index is 621. The maximum atomic E-state index is 12.6. The first kappa shape index (κ1) is 14.5. The Morgan fingerprint density at radius 2 is 1.53 bits per heavy atom. The summed E-state index contributed by atoms with van der Waals surface area (Å²) in [5, 5.41) is 0.508. The van der Waals surface area contributed by atoms with E-state index in [-0.39, 0.29) is 15.1 Å². The zero-order valence-electron chi connectivity index (χ0n) is 9.23. The van der Waals surface area contributed by atoms with Crippen LogP contribution in [-0.2, 0) is 6.18 Å². The Hall–Kier alpha value is -0.900. The Morgan fingerprint density at radius 1 is 0.842 bits per heavy atom. The average molecular weight is 326 g/mol. The lowest BCUT2D eigenvalue weighted by atomic mass is 10.0. The minimum absolute atomic E-state index is 0.123. The van der Waals surface area contributed by atoms with Crippen molar-refractivity contribution in [3.63, 3.8) is 0 Å². The van der Waals surface area contributed by atoms with Gasteiger partial charge in [-0.3, -0.25) is 0 Å². The highest BCUT2D eigenvalue weighted by atomic mass is 35.5. The van der Waals surface area contributed by atoms with E-state index in [0.29, 0.717) is 11.1 Å². The molecule has 0 spiro atoms. The summed E-state index contributed by atoms with van der Waals surface area (Å²) in [5.74, 6) is 0. The van der Waals surface area contributed by atoms with Crippen molar-refractivity contribution < 1.29 is 13.2 Å². The Kier molecular flexibility index (Phi) is 4.00. The van der Waals surface area contributed by atoms with Gasteiger partial charge in [0.1, 0.15) is 0 Å². The molecular formula is C13H6Cl3F3. The highest BCUT2D eigenvalue weighted by molar-refractivity contribution is 6.49. The molecule has 0 fully saturated rings. The molecule has 2 aromatic carbocycles. The van der Waals surface area contributed by atoms with E-state index in [1.807, 2.05) is 0 Å². The molecule has 0 amide bonds. The normalized spacial score (nSPS) is 11.7. The van der Waals surface area contributed by atoms with Gasteiger partial charge in [-0.1, -0.05) is 53.0 Å². The zero-order chi connectivity index (χ0) is 14.2. The molecule has 6 heteroatoms. The van der Waals surface area contributed by atoms with Crippen LogP contribution in [0.15, 0.2) is 36.4 Å². The van der Waals surface area contributed by atoms with Crippen LogP contribution >= 0.6 is 34.8 Å². The van der Waals surface area contributed by atoms with Crippen molar-refractivity contribution in [2.24, 2.45) is 0 Å². The van der Waals surface area contributed by atoms with E-state index < -0.39 is 11.7 Å². The number of benzene rings is 2. The van der Waals surface area contributed by atoms with Crippen molar-refractivity contribution in [2.45, 2.75) is 6.18 Å². The van der Waals surface area contributed by atoms with Gasteiger partial charge in [0.15, 0.2) is 0 Å². The van der Waals surface area contributed by atoms with Gasteiger partial charge >= 0.3 is 6.18 Å². The largest absolute Gasteiger partial charge is 0.416 e. The number of rotatable bonds is 1. The summed E-state index contributed by atoms with van der Waals surface area (Å²) in [6, 6.07) is 7.88. The summed E-state index contributed by atoms with van der Waals surface area (Å²) < 4.78 is 37.9. The topological polar surface area (TPSA) is 0 Å². The zero-order valence-corrected chi connectivity index (χ0v) is 11.5. The third-order valence-corrected chi connectivity index (χ3v) is 3.83. The van der Waals surface area contributed by atoms with Crippen molar-refractivity contribution >= 4 is 34.8 Å². The third kappa shape index (κ3) is 2.99. The smallest absolute Gasteiger partial charge is 0.166 e. The van der Waals surface area contributed by atoms with Crippen molar-refractivity contribution in [3.05, 3.63) is 57.0 Å². The first-order valence-corrected chi connectivity index (χ1v) is 6.25. The molecule has 0 saturated carbocycles. The van der Waals surface area contributed by atoms with Gasteiger partial charge in [-0.2, -0.15) is 13.2 Å². The molecule has 2 aromatic rings. The van der Waals surface area contributed by atoms with E-state index in [4.69, 9.17) is 34.8 Å². The van der Waals surface area contributed by atoms with E-state index in [1.54, 1.807) is 0 Å². The van der Waals surface area contributed by atoms with Crippen LogP contribution in [-0.4, -0.2) is 0 Å². The van der Waals surface area contributed by atoms with Crippen LogP contribution in [0.2, 0.25) is 15.1 Å². The van der Waals surface area contributed by atoms with Crippen LogP contribution in [0.3, 0.4) is 0 Å². The van der Waals surface area contributed by atoms with Gasteiger partial charge in [0.2, 0.25) is 0 Å². The lowest BCUT2D eigenvalue weighted by Gasteiger charge is -2.11. The van der Waals surface area contributed by atoms with Crippen LogP contribution in [0, 0.1) is 0 Å². The Balaban J connectivity index is 2.57. The molecule has 0 aliphatic rings. The second-order valence-electron chi connectivity index (χ2n) is 3.80. The van der Waals surface area contributed by atoms with Gasteiger partial charge < -0.3 is 0 Å². The highest BCUT2D eigenvalue weighted by Gasteiger charge is 2.30. The number of hydrogen-bond acceptors (Lipinski definition) is 0. The SMILES string of the molecule is FC(F)(F)c1cccc(-c2ccc(Cl)c(Cl)c2Cl)c1. The van der Waals surface area contributed by atoms with Gasteiger partial charge in [0.25, 0.3) is 0 Å². The minimum atomic E-state index is -4.40. The quantitative estimate of drug-likeness (QED) is 0.537. The molecule has 0 bridgehead atoms. The fourth-order valence-corrected chi connectivity index (χ4v) is 2.26. The molecule has 0 N–H and O–H groups in total. The number of halogens is 6. The predicted octanol–water partition coefficient (Wildman–Crippen LogP) is 6.33. The summed E-state index contributed by atoms with van der Waals surface area (Å²) in [5.41, 5.74) is -0.00676. The van der Waals surface area contributed by atoms with E-state index in [1.165, 1.54) is 24.3 Å². The van der Waals surface area contributed by atoms with Gasteiger partial charge in [-0.25, -0.2) is 0 Å². The molecule has 2 rings (SSSR count). The van der Waals surface area contributed by atoms with Crippen LogP contribution in [0.5, 0.6) is 0 Å². The first-order chi connectivity index (χ1) is 8.80. The molecule has 0 unspecified atom stereocenters. The second kappa shape index (κ2) is 5.23. The molecule has 0 aliphatic carbocycles.